The first kappa shape index (κ1) is 14.7. The van der Waals surface area contributed by atoms with Gasteiger partial charge in [0.2, 0.25) is 5.91 Å². The lowest BCUT2D eigenvalue weighted by atomic mass is 10.1. The van der Waals surface area contributed by atoms with Crippen LogP contribution in [0, 0.1) is 0 Å². The summed E-state index contributed by atoms with van der Waals surface area (Å²) in [6.45, 7) is 2.46. The fourth-order valence-electron chi connectivity index (χ4n) is 1.76. The lowest BCUT2D eigenvalue weighted by Crippen LogP contribution is -2.43. The Morgan fingerprint density at radius 2 is 1.89 bits per heavy atom. The van der Waals surface area contributed by atoms with Crippen LogP contribution in [0.2, 0.25) is 0 Å². The molecule has 0 spiro atoms. The Hall–Kier alpha value is -1.39. The van der Waals surface area contributed by atoms with Crippen LogP contribution in [0.5, 0.6) is 0 Å². The molecule has 0 fully saturated rings. The molecule has 2 unspecified atom stereocenters. The van der Waals surface area contributed by atoms with Crippen LogP contribution < -0.4 is 10.6 Å². The van der Waals surface area contributed by atoms with E-state index in [0.29, 0.717) is 6.54 Å². The van der Waals surface area contributed by atoms with Gasteiger partial charge in [0.15, 0.2) is 0 Å². The van der Waals surface area contributed by atoms with E-state index in [1.54, 1.807) is 7.05 Å². The number of likely N-dealkylation sites (N-methyl/N-ethyl adjacent to an activating group) is 2. The zero-order valence-corrected chi connectivity index (χ0v) is 11.6. The second kappa shape index (κ2) is 7.13. The number of rotatable bonds is 6. The van der Waals surface area contributed by atoms with Crippen LogP contribution in [0.4, 0.5) is 0 Å². The third kappa shape index (κ3) is 4.13. The Labute approximate surface area is 109 Å². The minimum absolute atomic E-state index is 0.0280. The van der Waals surface area contributed by atoms with E-state index in [1.807, 2.05) is 39.2 Å². The molecule has 0 saturated carbocycles. The molecule has 1 rings (SSSR count). The largest absolute Gasteiger partial charge is 0.353 e. The van der Waals surface area contributed by atoms with Gasteiger partial charge in [-0.05, 0) is 33.6 Å². The normalized spacial score (nSPS) is 14.3. The highest BCUT2D eigenvalue weighted by Crippen LogP contribution is 2.16. The van der Waals surface area contributed by atoms with Crippen molar-refractivity contribution < 1.29 is 4.79 Å². The molecule has 4 heteroatoms. The molecule has 2 N–H and O–H groups in total. The van der Waals surface area contributed by atoms with Crippen molar-refractivity contribution >= 4 is 5.91 Å². The number of hydrogen-bond acceptors (Lipinski definition) is 3. The van der Waals surface area contributed by atoms with E-state index in [1.165, 1.54) is 5.56 Å². The highest BCUT2D eigenvalue weighted by molar-refractivity contribution is 5.81. The summed E-state index contributed by atoms with van der Waals surface area (Å²) >= 11 is 0. The van der Waals surface area contributed by atoms with Crippen LogP contribution in [0.25, 0.3) is 0 Å². The topological polar surface area (TPSA) is 44.4 Å². The van der Waals surface area contributed by atoms with Crippen LogP contribution in [-0.2, 0) is 4.79 Å². The molecule has 1 aromatic carbocycles. The van der Waals surface area contributed by atoms with E-state index in [2.05, 4.69) is 27.7 Å². The van der Waals surface area contributed by atoms with Crippen LogP contribution in [0.3, 0.4) is 0 Å². The third-order valence-electron chi connectivity index (χ3n) is 3.10. The van der Waals surface area contributed by atoms with Crippen molar-refractivity contribution in [2.45, 2.75) is 19.0 Å². The second-order valence-electron chi connectivity index (χ2n) is 4.65. The Kier molecular flexibility index (Phi) is 5.82. The molecule has 0 aromatic heterocycles. The van der Waals surface area contributed by atoms with Gasteiger partial charge in [-0.25, -0.2) is 0 Å². The minimum atomic E-state index is -0.163. The molecule has 0 saturated heterocycles. The van der Waals surface area contributed by atoms with Crippen molar-refractivity contribution in [3.8, 4) is 0 Å². The molecule has 0 aliphatic rings. The molecule has 4 nitrogen and oxygen atoms in total. The lowest BCUT2D eigenvalue weighted by Gasteiger charge is -2.25. The zero-order valence-electron chi connectivity index (χ0n) is 11.6. The molecule has 18 heavy (non-hydrogen) atoms. The summed E-state index contributed by atoms with van der Waals surface area (Å²) in [6.07, 6.45) is 0. The van der Waals surface area contributed by atoms with E-state index in [0.717, 1.165) is 0 Å². The molecule has 0 aliphatic heterocycles. The number of amides is 1. The fourth-order valence-corrected chi connectivity index (χ4v) is 1.76. The van der Waals surface area contributed by atoms with Gasteiger partial charge in [-0.15, -0.1) is 0 Å². The van der Waals surface area contributed by atoms with Crippen LogP contribution in [0.1, 0.15) is 18.5 Å². The second-order valence-corrected chi connectivity index (χ2v) is 4.65. The molecule has 100 valence electrons. The standard InChI is InChI=1S/C14H23N3O/c1-11(15-2)14(18)16-10-13(17(3)4)12-8-6-5-7-9-12/h5-9,11,13,15H,10H2,1-4H3,(H,16,18). The molecule has 0 heterocycles. The summed E-state index contributed by atoms with van der Waals surface area (Å²) in [6, 6.07) is 10.2. The van der Waals surface area contributed by atoms with E-state index < -0.39 is 0 Å². The van der Waals surface area contributed by atoms with E-state index in [9.17, 15) is 4.79 Å². The number of hydrogen-bond donors (Lipinski definition) is 2. The van der Waals surface area contributed by atoms with Crippen molar-refractivity contribution in [2.24, 2.45) is 0 Å². The molecule has 1 aromatic rings. The summed E-state index contributed by atoms with van der Waals surface area (Å²) < 4.78 is 0. The number of nitrogens with one attached hydrogen (secondary N) is 2. The highest BCUT2D eigenvalue weighted by atomic mass is 16.2. The van der Waals surface area contributed by atoms with Gasteiger partial charge in [0.25, 0.3) is 0 Å². The SMILES string of the molecule is CNC(C)C(=O)NCC(c1ccccc1)N(C)C. The minimum Gasteiger partial charge on any atom is -0.353 e. The quantitative estimate of drug-likeness (QED) is 0.791. The average Bonchev–Trinajstić information content (AvgIpc) is 2.38. The predicted octanol–water partition coefficient (Wildman–Crippen LogP) is 1.01. The molecular formula is C14H23N3O. The van der Waals surface area contributed by atoms with E-state index >= 15 is 0 Å². The van der Waals surface area contributed by atoms with Crippen molar-refractivity contribution in [1.82, 2.24) is 15.5 Å². The van der Waals surface area contributed by atoms with Crippen molar-refractivity contribution in [3.05, 3.63) is 35.9 Å². The maximum atomic E-state index is 11.7. The van der Waals surface area contributed by atoms with Crippen LogP contribution in [0.15, 0.2) is 30.3 Å². The maximum absolute atomic E-state index is 11.7. The Morgan fingerprint density at radius 3 is 2.39 bits per heavy atom. The fraction of sp³-hybridized carbons (Fsp3) is 0.500. The lowest BCUT2D eigenvalue weighted by molar-refractivity contribution is -0.122. The van der Waals surface area contributed by atoms with Gasteiger partial charge in [0.1, 0.15) is 0 Å². The van der Waals surface area contributed by atoms with Gasteiger partial charge < -0.3 is 15.5 Å². The monoisotopic (exact) mass is 249 g/mol. The summed E-state index contributed by atoms with van der Waals surface area (Å²) in [5, 5.41) is 5.90. The molecule has 0 bridgehead atoms. The predicted molar refractivity (Wildman–Crippen MR) is 74.4 cm³/mol. The Morgan fingerprint density at radius 1 is 1.28 bits per heavy atom. The average molecular weight is 249 g/mol. The first-order valence-electron chi connectivity index (χ1n) is 6.22. The summed E-state index contributed by atoms with van der Waals surface area (Å²) in [7, 11) is 5.82. The van der Waals surface area contributed by atoms with Gasteiger partial charge in [-0.2, -0.15) is 0 Å². The summed E-state index contributed by atoms with van der Waals surface area (Å²) in [4.78, 5) is 13.9. The van der Waals surface area contributed by atoms with Gasteiger partial charge in [0.05, 0.1) is 12.1 Å². The smallest absolute Gasteiger partial charge is 0.236 e. The first-order chi connectivity index (χ1) is 8.56. The van der Waals surface area contributed by atoms with Gasteiger partial charge >= 0.3 is 0 Å². The molecule has 2 atom stereocenters. The molecule has 0 aliphatic carbocycles. The first-order valence-corrected chi connectivity index (χ1v) is 6.22. The molecule has 0 radical (unpaired) electrons. The number of benzene rings is 1. The van der Waals surface area contributed by atoms with Crippen LogP contribution >= 0.6 is 0 Å². The highest BCUT2D eigenvalue weighted by Gasteiger charge is 2.16. The van der Waals surface area contributed by atoms with Crippen molar-refractivity contribution in [1.29, 1.82) is 0 Å². The van der Waals surface area contributed by atoms with Gasteiger partial charge in [-0.3, -0.25) is 4.79 Å². The van der Waals surface area contributed by atoms with Gasteiger partial charge in [0, 0.05) is 6.54 Å². The molecular weight excluding hydrogens is 226 g/mol. The Bertz CT molecular complexity index is 365. The summed E-state index contributed by atoms with van der Waals surface area (Å²) in [5.41, 5.74) is 1.21. The van der Waals surface area contributed by atoms with E-state index in [-0.39, 0.29) is 18.0 Å². The van der Waals surface area contributed by atoms with Crippen molar-refractivity contribution in [2.75, 3.05) is 27.7 Å². The number of carbonyl (C=O) groups is 1. The number of nitrogens with zero attached hydrogens (tertiary/aromatic N) is 1. The van der Waals surface area contributed by atoms with Crippen molar-refractivity contribution in [3.63, 3.8) is 0 Å². The molecule has 1 amide bonds. The van der Waals surface area contributed by atoms with Gasteiger partial charge in [-0.1, -0.05) is 30.3 Å². The number of carbonyl (C=O) groups excluding carboxylic acids is 1. The maximum Gasteiger partial charge on any atom is 0.236 e. The Balaban J connectivity index is 2.63. The summed E-state index contributed by atoms with van der Waals surface area (Å²) in [5.74, 6) is 0.0280. The zero-order chi connectivity index (χ0) is 13.5. The van der Waals surface area contributed by atoms with Crippen LogP contribution in [-0.4, -0.2) is 44.5 Å². The van der Waals surface area contributed by atoms with E-state index in [4.69, 9.17) is 0 Å². The third-order valence-corrected chi connectivity index (χ3v) is 3.10.